The minimum Gasteiger partial charge on any atom is -0.464 e. The molecule has 0 atom stereocenters. The standard InChI is InChI=1S/C16H14N2O5S/c1-24(20,21)18-12-9-15-10(13(19)6-7-22-15)8-16(12)23-14-5-3-2-4-11(14)17/h2-9,18H,17H2,1H3. The average molecular weight is 346 g/mol. The van der Waals surface area contributed by atoms with E-state index in [1.807, 2.05) is 0 Å². The minimum absolute atomic E-state index is 0.141. The summed E-state index contributed by atoms with van der Waals surface area (Å²) in [4.78, 5) is 12.0. The van der Waals surface area contributed by atoms with Crippen molar-refractivity contribution in [3.05, 3.63) is 59.0 Å². The van der Waals surface area contributed by atoms with Crippen LogP contribution in [0.1, 0.15) is 0 Å². The maximum Gasteiger partial charge on any atom is 0.229 e. The Bertz CT molecular complexity index is 1070. The fraction of sp³-hybridized carbons (Fsp3) is 0.0625. The molecule has 0 aliphatic heterocycles. The molecule has 0 unspecified atom stereocenters. The molecule has 24 heavy (non-hydrogen) atoms. The average Bonchev–Trinajstić information content (AvgIpc) is 2.49. The van der Waals surface area contributed by atoms with Crippen LogP contribution < -0.4 is 20.6 Å². The number of hydrogen-bond acceptors (Lipinski definition) is 6. The van der Waals surface area contributed by atoms with Crippen LogP contribution in [-0.2, 0) is 10.0 Å². The van der Waals surface area contributed by atoms with Gasteiger partial charge in [-0.15, -0.1) is 0 Å². The first-order valence-corrected chi connectivity index (χ1v) is 8.78. The summed E-state index contributed by atoms with van der Waals surface area (Å²) in [6.45, 7) is 0. The molecule has 124 valence electrons. The topological polar surface area (TPSA) is 112 Å². The van der Waals surface area contributed by atoms with E-state index in [9.17, 15) is 13.2 Å². The van der Waals surface area contributed by atoms with E-state index in [0.717, 1.165) is 6.26 Å². The van der Waals surface area contributed by atoms with Gasteiger partial charge in [0.1, 0.15) is 11.3 Å². The number of rotatable bonds is 4. The first-order valence-electron chi connectivity index (χ1n) is 6.89. The van der Waals surface area contributed by atoms with Crippen LogP contribution in [0.3, 0.4) is 0 Å². The van der Waals surface area contributed by atoms with Gasteiger partial charge in [-0.1, -0.05) is 12.1 Å². The number of hydrogen-bond donors (Lipinski definition) is 2. The van der Waals surface area contributed by atoms with Gasteiger partial charge in [0.05, 0.1) is 29.3 Å². The lowest BCUT2D eigenvalue weighted by molar-refractivity contribution is 0.487. The van der Waals surface area contributed by atoms with Gasteiger partial charge in [-0.2, -0.15) is 0 Å². The first kappa shape index (κ1) is 15.9. The Balaban J connectivity index is 2.19. The zero-order valence-electron chi connectivity index (χ0n) is 12.6. The Labute approximate surface area is 137 Å². The smallest absolute Gasteiger partial charge is 0.229 e. The molecule has 1 heterocycles. The molecule has 0 saturated heterocycles. The maximum atomic E-state index is 12.0. The first-order chi connectivity index (χ1) is 11.3. The predicted molar refractivity (Wildman–Crippen MR) is 91.9 cm³/mol. The molecule has 3 aromatic rings. The van der Waals surface area contributed by atoms with Crippen molar-refractivity contribution >= 4 is 32.4 Å². The van der Waals surface area contributed by atoms with Crippen molar-refractivity contribution in [3.8, 4) is 11.5 Å². The van der Waals surface area contributed by atoms with Crippen LogP contribution in [0, 0.1) is 0 Å². The van der Waals surface area contributed by atoms with Crippen molar-refractivity contribution in [2.45, 2.75) is 0 Å². The molecule has 0 spiro atoms. The van der Waals surface area contributed by atoms with E-state index in [1.165, 1.54) is 24.5 Å². The molecule has 0 radical (unpaired) electrons. The second-order valence-electron chi connectivity index (χ2n) is 5.14. The highest BCUT2D eigenvalue weighted by molar-refractivity contribution is 7.92. The van der Waals surface area contributed by atoms with Crippen LogP contribution >= 0.6 is 0 Å². The van der Waals surface area contributed by atoms with E-state index in [0.29, 0.717) is 11.4 Å². The molecule has 7 nitrogen and oxygen atoms in total. The molecule has 0 fully saturated rings. The van der Waals surface area contributed by atoms with Crippen molar-refractivity contribution in [3.63, 3.8) is 0 Å². The van der Waals surface area contributed by atoms with Crippen molar-refractivity contribution in [2.75, 3.05) is 16.7 Å². The fourth-order valence-electron chi connectivity index (χ4n) is 2.16. The third-order valence-electron chi connectivity index (χ3n) is 3.20. The molecule has 0 saturated carbocycles. The van der Waals surface area contributed by atoms with Crippen LogP contribution in [-0.4, -0.2) is 14.7 Å². The Morgan fingerprint density at radius 1 is 1.12 bits per heavy atom. The lowest BCUT2D eigenvalue weighted by Crippen LogP contribution is -2.11. The number of benzene rings is 2. The summed E-state index contributed by atoms with van der Waals surface area (Å²) in [5, 5.41) is 0.265. The molecule has 8 heteroatoms. The van der Waals surface area contributed by atoms with Gasteiger partial charge in [-0.25, -0.2) is 8.42 Å². The van der Waals surface area contributed by atoms with Crippen molar-refractivity contribution in [1.29, 1.82) is 0 Å². The summed E-state index contributed by atoms with van der Waals surface area (Å²) in [5.74, 6) is 0.484. The fourth-order valence-corrected chi connectivity index (χ4v) is 2.72. The minimum atomic E-state index is -3.56. The number of nitrogens with one attached hydrogen (secondary N) is 1. The van der Waals surface area contributed by atoms with Gasteiger partial charge in [0.15, 0.2) is 11.2 Å². The quantitative estimate of drug-likeness (QED) is 0.702. The number of nitrogens with two attached hydrogens (primary N) is 1. The van der Waals surface area contributed by atoms with Gasteiger partial charge in [-0.05, 0) is 18.2 Å². The molecule has 3 N–H and O–H groups in total. The third-order valence-corrected chi connectivity index (χ3v) is 3.79. The molecule has 3 rings (SSSR count). The van der Waals surface area contributed by atoms with Crippen LogP contribution in [0.15, 0.2) is 57.9 Å². The molecular weight excluding hydrogens is 332 g/mol. The number of sulfonamides is 1. The Morgan fingerprint density at radius 3 is 2.58 bits per heavy atom. The second-order valence-corrected chi connectivity index (χ2v) is 6.89. The largest absolute Gasteiger partial charge is 0.464 e. The van der Waals surface area contributed by atoms with E-state index in [2.05, 4.69) is 4.72 Å². The molecule has 0 amide bonds. The van der Waals surface area contributed by atoms with E-state index < -0.39 is 10.0 Å². The van der Waals surface area contributed by atoms with Crippen LogP contribution in [0.4, 0.5) is 11.4 Å². The number of anilines is 2. The van der Waals surface area contributed by atoms with Gasteiger partial charge in [0.2, 0.25) is 10.0 Å². The number of para-hydroxylation sites is 2. The van der Waals surface area contributed by atoms with Crippen LogP contribution in [0.5, 0.6) is 11.5 Å². The monoisotopic (exact) mass is 346 g/mol. The Morgan fingerprint density at radius 2 is 1.88 bits per heavy atom. The highest BCUT2D eigenvalue weighted by Crippen LogP contribution is 2.35. The number of fused-ring (bicyclic) bond motifs is 1. The van der Waals surface area contributed by atoms with E-state index >= 15 is 0 Å². The van der Waals surface area contributed by atoms with Gasteiger partial charge in [0.25, 0.3) is 0 Å². The van der Waals surface area contributed by atoms with Gasteiger partial charge >= 0.3 is 0 Å². The molecular formula is C16H14N2O5S. The summed E-state index contributed by atoms with van der Waals surface area (Å²) in [5.41, 5.74) is 6.33. The lowest BCUT2D eigenvalue weighted by Gasteiger charge is -2.14. The maximum absolute atomic E-state index is 12.0. The van der Waals surface area contributed by atoms with Crippen LogP contribution in [0.2, 0.25) is 0 Å². The zero-order chi connectivity index (χ0) is 17.3. The van der Waals surface area contributed by atoms with E-state index in [4.69, 9.17) is 14.9 Å². The highest BCUT2D eigenvalue weighted by atomic mass is 32.2. The molecule has 0 aliphatic rings. The van der Waals surface area contributed by atoms with Gasteiger partial charge in [-0.3, -0.25) is 9.52 Å². The zero-order valence-corrected chi connectivity index (χ0v) is 13.5. The Hall–Kier alpha value is -3.00. The summed E-state index contributed by atoms with van der Waals surface area (Å²) < 4.78 is 36.5. The van der Waals surface area contributed by atoms with Crippen molar-refractivity contribution < 1.29 is 17.6 Å². The third kappa shape index (κ3) is 3.33. The van der Waals surface area contributed by atoms with E-state index in [1.54, 1.807) is 24.3 Å². The summed E-state index contributed by atoms with van der Waals surface area (Å²) in [7, 11) is -3.56. The van der Waals surface area contributed by atoms with Gasteiger partial charge < -0.3 is 14.9 Å². The second kappa shape index (κ2) is 5.89. The predicted octanol–water partition coefficient (Wildman–Crippen LogP) is 2.54. The van der Waals surface area contributed by atoms with Crippen molar-refractivity contribution in [2.24, 2.45) is 0 Å². The van der Waals surface area contributed by atoms with Crippen molar-refractivity contribution in [1.82, 2.24) is 0 Å². The number of ether oxygens (including phenoxy) is 1. The summed E-state index contributed by atoms with van der Waals surface area (Å²) in [6.07, 6.45) is 2.25. The van der Waals surface area contributed by atoms with Gasteiger partial charge in [0, 0.05) is 12.1 Å². The normalized spacial score (nSPS) is 11.4. The molecule has 0 bridgehead atoms. The highest BCUT2D eigenvalue weighted by Gasteiger charge is 2.14. The SMILES string of the molecule is CS(=O)(=O)Nc1cc2occc(=O)c2cc1Oc1ccccc1N. The number of nitrogen functional groups attached to an aromatic ring is 1. The lowest BCUT2D eigenvalue weighted by atomic mass is 10.2. The van der Waals surface area contributed by atoms with E-state index in [-0.39, 0.29) is 27.8 Å². The summed E-state index contributed by atoms with van der Waals surface area (Å²) in [6, 6.07) is 10.8. The van der Waals surface area contributed by atoms with Crippen LogP contribution in [0.25, 0.3) is 11.0 Å². The molecule has 1 aromatic heterocycles. The Kier molecular flexibility index (Phi) is 3.90. The molecule has 2 aromatic carbocycles. The molecule has 0 aliphatic carbocycles. The summed E-state index contributed by atoms with van der Waals surface area (Å²) >= 11 is 0.